The molecular weight excluding hydrogens is 162 g/mol. The highest BCUT2D eigenvalue weighted by atomic mass is 16.5. The van der Waals surface area contributed by atoms with E-state index in [9.17, 15) is 0 Å². The van der Waals surface area contributed by atoms with Crippen molar-refractivity contribution in [2.75, 3.05) is 27.3 Å². The molecule has 1 aliphatic rings. The topological polar surface area (TPSA) is 12.5 Å². The van der Waals surface area contributed by atoms with Gasteiger partial charge in [-0.1, -0.05) is 13.8 Å². The van der Waals surface area contributed by atoms with Gasteiger partial charge in [-0.2, -0.15) is 0 Å². The Balaban J connectivity index is 2.43. The van der Waals surface area contributed by atoms with Crippen LogP contribution in [0.1, 0.15) is 33.1 Å². The first kappa shape index (κ1) is 11.0. The SMILES string of the molecule is CCN(C)C1CCC(C)(COC)C1. The summed E-state index contributed by atoms with van der Waals surface area (Å²) in [7, 11) is 4.03. The molecular formula is C11H23NO. The third-order valence-corrected chi connectivity index (χ3v) is 3.42. The van der Waals surface area contributed by atoms with Gasteiger partial charge in [0.05, 0.1) is 6.61 Å². The van der Waals surface area contributed by atoms with Crippen LogP contribution in [0.4, 0.5) is 0 Å². The molecule has 0 N–H and O–H groups in total. The zero-order valence-electron chi connectivity index (χ0n) is 9.47. The van der Waals surface area contributed by atoms with Gasteiger partial charge in [0.25, 0.3) is 0 Å². The van der Waals surface area contributed by atoms with Crippen LogP contribution in [0.3, 0.4) is 0 Å². The van der Waals surface area contributed by atoms with E-state index in [0.29, 0.717) is 5.41 Å². The summed E-state index contributed by atoms with van der Waals surface area (Å²) in [6.45, 7) is 6.65. The molecule has 0 bridgehead atoms. The average molecular weight is 185 g/mol. The minimum Gasteiger partial charge on any atom is -0.384 e. The number of ether oxygens (including phenoxy) is 1. The molecule has 1 fully saturated rings. The van der Waals surface area contributed by atoms with E-state index >= 15 is 0 Å². The molecule has 13 heavy (non-hydrogen) atoms. The van der Waals surface area contributed by atoms with Gasteiger partial charge in [-0.05, 0) is 38.3 Å². The normalized spacial score (nSPS) is 34.4. The lowest BCUT2D eigenvalue weighted by Gasteiger charge is -2.26. The fraction of sp³-hybridized carbons (Fsp3) is 1.00. The predicted molar refractivity (Wildman–Crippen MR) is 55.9 cm³/mol. The molecule has 0 aromatic carbocycles. The van der Waals surface area contributed by atoms with E-state index in [-0.39, 0.29) is 0 Å². The van der Waals surface area contributed by atoms with E-state index in [2.05, 4.69) is 25.8 Å². The van der Waals surface area contributed by atoms with Crippen LogP contribution < -0.4 is 0 Å². The molecule has 0 heterocycles. The predicted octanol–water partition coefficient (Wildman–Crippen LogP) is 2.14. The van der Waals surface area contributed by atoms with Gasteiger partial charge in [0.1, 0.15) is 0 Å². The van der Waals surface area contributed by atoms with E-state index in [0.717, 1.165) is 19.2 Å². The van der Waals surface area contributed by atoms with Crippen molar-refractivity contribution in [3.05, 3.63) is 0 Å². The monoisotopic (exact) mass is 185 g/mol. The first-order chi connectivity index (χ1) is 6.11. The van der Waals surface area contributed by atoms with Crippen molar-refractivity contribution in [1.29, 1.82) is 0 Å². The smallest absolute Gasteiger partial charge is 0.0516 e. The largest absolute Gasteiger partial charge is 0.384 e. The second-order valence-corrected chi connectivity index (χ2v) is 4.71. The van der Waals surface area contributed by atoms with E-state index in [1.807, 2.05) is 7.11 Å². The second kappa shape index (κ2) is 4.43. The molecule has 2 atom stereocenters. The third kappa shape index (κ3) is 2.68. The number of methoxy groups -OCH3 is 1. The van der Waals surface area contributed by atoms with Crippen LogP contribution in [0.25, 0.3) is 0 Å². The minimum atomic E-state index is 0.433. The minimum absolute atomic E-state index is 0.433. The quantitative estimate of drug-likeness (QED) is 0.665. The van der Waals surface area contributed by atoms with Crippen molar-refractivity contribution in [2.24, 2.45) is 5.41 Å². The lowest BCUT2D eigenvalue weighted by Crippen LogP contribution is -2.31. The summed E-state index contributed by atoms with van der Waals surface area (Å²) in [5.74, 6) is 0. The summed E-state index contributed by atoms with van der Waals surface area (Å²) < 4.78 is 5.27. The molecule has 2 nitrogen and oxygen atoms in total. The first-order valence-corrected chi connectivity index (χ1v) is 5.30. The van der Waals surface area contributed by atoms with Crippen LogP contribution in [0.2, 0.25) is 0 Å². The highest BCUT2D eigenvalue weighted by Crippen LogP contribution is 2.39. The molecule has 78 valence electrons. The molecule has 0 aromatic rings. The Morgan fingerprint density at radius 2 is 2.23 bits per heavy atom. The molecule has 0 aromatic heterocycles. The van der Waals surface area contributed by atoms with Crippen LogP contribution >= 0.6 is 0 Å². The van der Waals surface area contributed by atoms with Crippen LogP contribution in [-0.2, 0) is 4.74 Å². The van der Waals surface area contributed by atoms with Crippen LogP contribution in [-0.4, -0.2) is 38.3 Å². The highest BCUT2D eigenvalue weighted by Gasteiger charge is 2.36. The lowest BCUT2D eigenvalue weighted by molar-refractivity contribution is 0.0898. The Kier molecular flexibility index (Phi) is 3.74. The Labute approximate surface area is 82.3 Å². The Hall–Kier alpha value is -0.0800. The molecule has 0 aliphatic heterocycles. The fourth-order valence-corrected chi connectivity index (χ4v) is 2.40. The van der Waals surface area contributed by atoms with Crippen molar-refractivity contribution >= 4 is 0 Å². The number of nitrogens with zero attached hydrogens (tertiary/aromatic N) is 1. The summed E-state index contributed by atoms with van der Waals surface area (Å²) in [6, 6.07) is 0.783. The zero-order chi connectivity index (χ0) is 9.90. The number of rotatable bonds is 4. The van der Waals surface area contributed by atoms with Crippen LogP contribution in [0.5, 0.6) is 0 Å². The maximum absolute atomic E-state index is 5.27. The van der Waals surface area contributed by atoms with E-state index < -0.39 is 0 Å². The first-order valence-electron chi connectivity index (χ1n) is 5.30. The van der Waals surface area contributed by atoms with Crippen LogP contribution in [0.15, 0.2) is 0 Å². The Morgan fingerprint density at radius 3 is 2.77 bits per heavy atom. The van der Waals surface area contributed by atoms with Crippen molar-refractivity contribution in [3.8, 4) is 0 Å². The van der Waals surface area contributed by atoms with E-state index in [4.69, 9.17) is 4.74 Å². The van der Waals surface area contributed by atoms with Crippen molar-refractivity contribution in [3.63, 3.8) is 0 Å². The second-order valence-electron chi connectivity index (χ2n) is 4.71. The van der Waals surface area contributed by atoms with Crippen molar-refractivity contribution < 1.29 is 4.74 Å². The van der Waals surface area contributed by atoms with Gasteiger partial charge in [-0.15, -0.1) is 0 Å². The molecule has 0 radical (unpaired) electrons. The zero-order valence-corrected chi connectivity index (χ0v) is 9.47. The van der Waals surface area contributed by atoms with Gasteiger partial charge in [-0.25, -0.2) is 0 Å². The molecule has 0 saturated heterocycles. The number of hydrogen-bond donors (Lipinski definition) is 0. The summed E-state index contributed by atoms with van der Waals surface area (Å²) in [6.07, 6.45) is 3.95. The summed E-state index contributed by atoms with van der Waals surface area (Å²) in [4.78, 5) is 2.46. The van der Waals surface area contributed by atoms with Gasteiger partial charge in [-0.3, -0.25) is 0 Å². The maximum Gasteiger partial charge on any atom is 0.0516 e. The van der Waals surface area contributed by atoms with Crippen LogP contribution in [0, 0.1) is 5.41 Å². The van der Waals surface area contributed by atoms with E-state index in [1.165, 1.54) is 19.3 Å². The average Bonchev–Trinajstić information content (AvgIpc) is 2.47. The van der Waals surface area contributed by atoms with Crippen molar-refractivity contribution in [2.45, 2.75) is 39.2 Å². The number of hydrogen-bond acceptors (Lipinski definition) is 2. The third-order valence-electron chi connectivity index (χ3n) is 3.42. The molecule has 2 unspecified atom stereocenters. The highest BCUT2D eigenvalue weighted by molar-refractivity contribution is 4.89. The summed E-state index contributed by atoms with van der Waals surface area (Å²) in [5.41, 5.74) is 0.433. The fourth-order valence-electron chi connectivity index (χ4n) is 2.40. The van der Waals surface area contributed by atoms with E-state index in [1.54, 1.807) is 0 Å². The van der Waals surface area contributed by atoms with Gasteiger partial charge in [0.2, 0.25) is 0 Å². The summed E-state index contributed by atoms with van der Waals surface area (Å²) >= 11 is 0. The Bertz CT molecular complexity index is 160. The van der Waals surface area contributed by atoms with Gasteiger partial charge in [0, 0.05) is 13.2 Å². The Morgan fingerprint density at radius 1 is 1.54 bits per heavy atom. The van der Waals surface area contributed by atoms with Crippen molar-refractivity contribution in [1.82, 2.24) is 4.90 Å². The standard InChI is InChI=1S/C11H23NO/c1-5-12(3)10-6-7-11(2,8-10)9-13-4/h10H,5-9H2,1-4H3. The molecule has 1 rings (SSSR count). The van der Waals surface area contributed by atoms with Gasteiger partial charge in [0.15, 0.2) is 0 Å². The maximum atomic E-state index is 5.27. The summed E-state index contributed by atoms with van der Waals surface area (Å²) in [5, 5.41) is 0. The molecule has 1 aliphatic carbocycles. The molecule has 1 saturated carbocycles. The lowest BCUT2D eigenvalue weighted by atomic mass is 9.90. The molecule has 0 spiro atoms. The van der Waals surface area contributed by atoms with Gasteiger partial charge < -0.3 is 9.64 Å². The molecule has 2 heteroatoms. The molecule has 0 amide bonds. The van der Waals surface area contributed by atoms with Gasteiger partial charge >= 0.3 is 0 Å².